The number of benzene rings is 2. The van der Waals surface area contributed by atoms with E-state index >= 15 is 0 Å². The summed E-state index contributed by atoms with van der Waals surface area (Å²) in [4.78, 5) is 30.5. The molecule has 0 aliphatic carbocycles. The largest absolute Gasteiger partial charge is 0.336 e. The molecule has 0 N–H and O–H groups in total. The van der Waals surface area contributed by atoms with Gasteiger partial charge < -0.3 is 4.90 Å². The van der Waals surface area contributed by atoms with Crippen molar-refractivity contribution in [3.63, 3.8) is 0 Å². The van der Waals surface area contributed by atoms with Gasteiger partial charge in [-0.1, -0.05) is 30.3 Å². The minimum absolute atomic E-state index is 0.121. The minimum Gasteiger partial charge on any atom is -0.336 e. The number of nitro groups is 1. The van der Waals surface area contributed by atoms with Crippen molar-refractivity contribution >= 4 is 55.1 Å². The van der Waals surface area contributed by atoms with E-state index in [4.69, 9.17) is 0 Å². The zero-order valence-electron chi connectivity index (χ0n) is 17.1. The number of non-ortho nitro benzene ring substituents is 1. The van der Waals surface area contributed by atoms with E-state index in [0.29, 0.717) is 20.1 Å². The molecule has 0 atom stereocenters. The molecule has 9 nitrogen and oxygen atoms in total. The van der Waals surface area contributed by atoms with Gasteiger partial charge in [-0.05, 0) is 34.2 Å². The van der Waals surface area contributed by atoms with E-state index in [9.17, 15) is 23.3 Å². The number of carbonyl (C=O) groups excluding carboxylic acids is 1. The fourth-order valence-corrected chi connectivity index (χ4v) is 5.29. The molecule has 3 aromatic rings. The van der Waals surface area contributed by atoms with E-state index in [1.165, 1.54) is 16.6 Å². The number of rotatable bonds is 4. The van der Waals surface area contributed by atoms with Gasteiger partial charge in [0.15, 0.2) is 0 Å². The van der Waals surface area contributed by atoms with Crippen molar-refractivity contribution in [3.05, 3.63) is 67.9 Å². The molecule has 0 bridgehead atoms. The van der Waals surface area contributed by atoms with Crippen LogP contribution in [0.15, 0.2) is 48.7 Å². The average Bonchev–Trinajstić information content (AvgIpc) is 2.77. The third kappa shape index (κ3) is 4.32. The van der Waals surface area contributed by atoms with E-state index in [0.717, 1.165) is 11.8 Å². The zero-order chi connectivity index (χ0) is 23.0. The molecule has 1 saturated heterocycles. The lowest BCUT2D eigenvalue weighted by molar-refractivity contribution is -0.383. The van der Waals surface area contributed by atoms with E-state index in [1.807, 2.05) is 52.9 Å². The van der Waals surface area contributed by atoms with Crippen molar-refractivity contribution in [2.45, 2.75) is 0 Å². The van der Waals surface area contributed by atoms with Crippen molar-refractivity contribution < 1.29 is 18.1 Å². The highest BCUT2D eigenvalue weighted by molar-refractivity contribution is 14.1. The van der Waals surface area contributed by atoms with E-state index in [2.05, 4.69) is 4.98 Å². The predicted molar refractivity (Wildman–Crippen MR) is 129 cm³/mol. The summed E-state index contributed by atoms with van der Waals surface area (Å²) in [7, 11) is -3.32. The summed E-state index contributed by atoms with van der Waals surface area (Å²) in [5.74, 6) is -0.284. The predicted octanol–water partition coefficient (Wildman–Crippen LogP) is 3.13. The first-order valence-electron chi connectivity index (χ1n) is 9.73. The maximum Gasteiger partial charge on any atom is 0.296 e. The van der Waals surface area contributed by atoms with Crippen LogP contribution < -0.4 is 0 Å². The quantitative estimate of drug-likeness (QED) is 0.273. The molecule has 0 radical (unpaired) electrons. The van der Waals surface area contributed by atoms with Crippen LogP contribution in [0.4, 0.5) is 5.69 Å². The molecule has 1 amide bonds. The number of carbonyl (C=O) groups is 1. The molecule has 0 spiro atoms. The van der Waals surface area contributed by atoms with Crippen molar-refractivity contribution in [2.75, 3.05) is 32.4 Å². The van der Waals surface area contributed by atoms with E-state index in [1.54, 1.807) is 11.0 Å². The molecule has 2 aromatic carbocycles. The SMILES string of the molecule is CS(=O)(=O)N1CCN(C(=O)c2cnc3c([N+](=O)[O-])cc(I)cc3c2-c2ccccc2)CC1. The summed E-state index contributed by atoms with van der Waals surface area (Å²) in [6.07, 6.45) is 2.54. The summed E-state index contributed by atoms with van der Waals surface area (Å²) < 4.78 is 25.6. The molecule has 0 saturated carbocycles. The average molecular weight is 566 g/mol. The molecular formula is C21H19IN4O5S. The zero-order valence-corrected chi connectivity index (χ0v) is 20.0. The number of pyridine rings is 1. The minimum atomic E-state index is -3.32. The highest BCUT2D eigenvalue weighted by atomic mass is 127. The lowest BCUT2D eigenvalue weighted by Gasteiger charge is -2.33. The number of nitro benzene ring substituents is 1. The third-order valence-corrected chi connectivity index (χ3v) is 7.33. The second-order valence-corrected chi connectivity index (χ2v) is 10.7. The summed E-state index contributed by atoms with van der Waals surface area (Å²) >= 11 is 2.01. The second-order valence-electron chi connectivity index (χ2n) is 7.45. The van der Waals surface area contributed by atoms with Crippen LogP contribution in [0.25, 0.3) is 22.0 Å². The monoisotopic (exact) mass is 566 g/mol. The molecule has 1 aliphatic heterocycles. The Labute approximate surface area is 198 Å². The third-order valence-electron chi connectivity index (χ3n) is 5.40. The Kier molecular flexibility index (Phi) is 6.14. The number of nitrogens with zero attached hydrogens (tertiary/aromatic N) is 4. The number of amides is 1. The topological polar surface area (TPSA) is 114 Å². The van der Waals surface area contributed by atoms with Crippen LogP contribution in [0.1, 0.15) is 10.4 Å². The maximum absolute atomic E-state index is 13.5. The van der Waals surface area contributed by atoms with Crippen molar-refractivity contribution in [1.82, 2.24) is 14.2 Å². The molecule has 1 aliphatic rings. The molecule has 4 rings (SSSR count). The Bertz CT molecular complexity index is 1320. The van der Waals surface area contributed by atoms with Crippen LogP contribution >= 0.6 is 22.6 Å². The number of piperazine rings is 1. The second kappa shape index (κ2) is 8.71. The number of halogens is 1. The molecule has 32 heavy (non-hydrogen) atoms. The van der Waals surface area contributed by atoms with Crippen molar-refractivity contribution in [2.24, 2.45) is 0 Å². The Morgan fingerprint density at radius 2 is 1.78 bits per heavy atom. The molecule has 2 heterocycles. The Balaban J connectivity index is 1.85. The van der Waals surface area contributed by atoms with Gasteiger partial charge in [-0.2, -0.15) is 4.31 Å². The number of hydrogen-bond donors (Lipinski definition) is 0. The Hall–Kier alpha value is -2.64. The summed E-state index contributed by atoms with van der Waals surface area (Å²) in [5, 5.41) is 12.1. The van der Waals surface area contributed by atoms with E-state index in [-0.39, 0.29) is 43.3 Å². The van der Waals surface area contributed by atoms with Gasteiger partial charge >= 0.3 is 0 Å². The Morgan fingerprint density at radius 3 is 2.38 bits per heavy atom. The van der Waals surface area contributed by atoms with Crippen molar-refractivity contribution in [1.29, 1.82) is 0 Å². The first-order chi connectivity index (χ1) is 15.2. The van der Waals surface area contributed by atoms with Gasteiger partial charge in [-0.25, -0.2) is 13.4 Å². The normalized spacial score (nSPS) is 15.1. The van der Waals surface area contributed by atoms with Crippen LogP contribution in [0, 0.1) is 13.7 Å². The van der Waals surface area contributed by atoms with E-state index < -0.39 is 14.9 Å². The van der Waals surface area contributed by atoms with Crippen LogP contribution in [-0.4, -0.2) is 65.9 Å². The fraction of sp³-hybridized carbons (Fsp3) is 0.238. The van der Waals surface area contributed by atoms with Gasteiger partial charge in [0.2, 0.25) is 10.0 Å². The van der Waals surface area contributed by atoms with Gasteiger partial charge in [-0.15, -0.1) is 0 Å². The summed E-state index contributed by atoms with van der Waals surface area (Å²) in [6.45, 7) is 0.945. The van der Waals surface area contributed by atoms with Gasteiger partial charge in [0.05, 0.1) is 16.7 Å². The van der Waals surface area contributed by atoms with Crippen LogP contribution in [0.2, 0.25) is 0 Å². The number of sulfonamides is 1. The highest BCUT2D eigenvalue weighted by Gasteiger charge is 2.29. The molecule has 1 aromatic heterocycles. The first-order valence-corrected chi connectivity index (χ1v) is 12.7. The van der Waals surface area contributed by atoms with Gasteiger partial charge in [0.1, 0.15) is 5.52 Å². The number of fused-ring (bicyclic) bond motifs is 1. The number of hydrogen-bond acceptors (Lipinski definition) is 6. The fourth-order valence-electron chi connectivity index (χ4n) is 3.86. The molecule has 166 valence electrons. The molecule has 1 fully saturated rings. The lowest BCUT2D eigenvalue weighted by Crippen LogP contribution is -2.50. The Morgan fingerprint density at radius 1 is 1.12 bits per heavy atom. The van der Waals surface area contributed by atoms with Gasteiger partial charge in [-0.3, -0.25) is 14.9 Å². The van der Waals surface area contributed by atoms with Crippen LogP contribution in [0.5, 0.6) is 0 Å². The highest BCUT2D eigenvalue weighted by Crippen LogP contribution is 2.36. The van der Waals surface area contributed by atoms with Crippen LogP contribution in [-0.2, 0) is 10.0 Å². The standard InChI is InChI=1S/C21H19IN4O5S/c1-32(30,31)25-9-7-24(8-10-25)21(27)17-13-23-20-16(11-15(22)12-18(20)26(28)29)19(17)14-5-3-2-4-6-14/h2-6,11-13H,7-10H2,1H3. The first kappa shape index (κ1) is 22.6. The maximum atomic E-state index is 13.5. The summed E-state index contributed by atoms with van der Waals surface area (Å²) in [5.41, 5.74) is 1.74. The van der Waals surface area contributed by atoms with Gasteiger partial charge in [0.25, 0.3) is 11.6 Å². The van der Waals surface area contributed by atoms with Crippen LogP contribution in [0.3, 0.4) is 0 Å². The lowest BCUT2D eigenvalue weighted by atomic mass is 9.95. The number of aromatic nitrogens is 1. The molecule has 11 heteroatoms. The van der Waals surface area contributed by atoms with Gasteiger partial charge in [0, 0.05) is 53.0 Å². The molecular weight excluding hydrogens is 547 g/mol. The summed E-state index contributed by atoms with van der Waals surface area (Å²) in [6, 6.07) is 12.5. The smallest absolute Gasteiger partial charge is 0.296 e. The molecule has 0 unspecified atom stereocenters. The van der Waals surface area contributed by atoms with Crippen molar-refractivity contribution in [3.8, 4) is 11.1 Å².